The second-order valence-corrected chi connectivity index (χ2v) is 12.7. The van der Waals surface area contributed by atoms with E-state index in [1.54, 1.807) is 30.5 Å². The van der Waals surface area contributed by atoms with E-state index in [1.807, 2.05) is 24.3 Å². The zero-order valence-electron chi connectivity index (χ0n) is 28.0. The molecular formula is C37H43N7O7. The molecule has 3 aromatic carbocycles. The molecule has 5 amide bonds. The molecule has 4 atom stereocenters. The number of carbonyl (C=O) groups is 5. The van der Waals surface area contributed by atoms with Crippen LogP contribution in [0.2, 0.25) is 0 Å². The maximum atomic E-state index is 14.1. The molecule has 2 heterocycles. The average molecular weight is 698 g/mol. The third kappa shape index (κ3) is 10.3. The minimum atomic E-state index is -1.17. The van der Waals surface area contributed by atoms with Crippen molar-refractivity contribution >= 4 is 40.4 Å². The number of nitrogens with two attached hydrogens (primary N) is 1. The fraction of sp³-hybridized carbons (Fsp3) is 0.324. The van der Waals surface area contributed by atoms with Gasteiger partial charge in [0.2, 0.25) is 29.5 Å². The van der Waals surface area contributed by atoms with Gasteiger partial charge in [0.05, 0.1) is 12.6 Å². The molecule has 0 aliphatic carbocycles. The summed E-state index contributed by atoms with van der Waals surface area (Å²) in [7, 11) is 0. The van der Waals surface area contributed by atoms with Crippen molar-refractivity contribution in [3.05, 3.63) is 95.7 Å². The summed E-state index contributed by atoms with van der Waals surface area (Å²) in [4.78, 5) is 70.5. The Morgan fingerprint density at radius 1 is 0.784 bits per heavy atom. The van der Waals surface area contributed by atoms with Gasteiger partial charge in [0.15, 0.2) is 0 Å². The third-order valence-corrected chi connectivity index (χ3v) is 8.77. The Hall–Kier alpha value is -5.89. The van der Waals surface area contributed by atoms with Gasteiger partial charge in [-0.25, -0.2) is 0 Å². The Bertz CT molecular complexity index is 1840. The average Bonchev–Trinajstić information content (AvgIpc) is 3.53. The molecule has 4 aromatic rings. The van der Waals surface area contributed by atoms with Crippen LogP contribution < -0.4 is 32.3 Å². The summed E-state index contributed by atoms with van der Waals surface area (Å²) < 4.78 is 0. The van der Waals surface area contributed by atoms with Gasteiger partial charge in [-0.3, -0.25) is 24.0 Å². The summed E-state index contributed by atoms with van der Waals surface area (Å²) in [6.45, 7) is -0.0396. The second kappa shape index (κ2) is 17.2. The molecule has 1 aromatic heterocycles. The van der Waals surface area contributed by atoms with Crippen molar-refractivity contribution in [3.63, 3.8) is 0 Å². The number of aromatic hydroxyl groups is 2. The number of hydrogen-bond acceptors (Lipinski definition) is 8. The van der Waals surface area contributed by atoms with E-state index in [-0.39, 0.29) is 50.3 Å². The van der Waals surface area contributed by atoms with Crippen LogP contribution in [0, 0.1) is 0 Å². The highest BCUT2D eigenvalue weighted by Crippen LogP contribution is 2.20. The molecule has 1 fully saturated rings. The smallest absolute Gasteiger partial charge is 0.243 e. The first kappa shape index (κ1) is 36.4. The lowest BCUT2D eigenvalue weighted by Crippen LogP contribution is -2.59. The number of phenolic OH excluding ortho intramolecular Hbond substituents is 2. The Morgan fingerprint density at radius 2 is 1.43 bits per heavy atom. The highest BCUT2D eigenvalue weighted by Gasteiger charge is 2.31. The normalized spacial score (nSPS) is 20.1. The highest BCUT2D eigenvalue weighted by atomic mass is 16.3. The number of H-pyrrole nitrogens is 1. The van der Waals surface area contributed by atoms with Crippen molar-refractivity contribution in [2.45, 2.75) is 62.7 Å². The number of phenols is 2. The fourth-order valence-corrected chi connectivity index (χ4v) is 5.93. The van der Waals surface area contributed by atoms with E-state index in [9.17, 15) is 34.2 Å². The maximum Gasteiger partial charge on any atom is 0.243 e. The van der Waals surface area contributed by atoms with Gasteiger partial charge in [-0.2, -0.15) is 0 Å². The first-order valence-electron chi connectivity index (χ1n) is 16.9. The minimum absolute atomic E-state index is 0.0326. The summed E-state index contributed by atoms with van der Waals surface area (Å²) in [6.07, 6.45) is 3.10. The summed E-state index contributed by atoms with van der Waals surface area (Å²) in [5.74, 6) is -2.77. The fourth-order valence-electron chi connectivity index (χ4n) is 5.93. The summed E-state index contributed by atoms with van der Waals surface area (Å²) in [5, 5.41) is 33.9. The molecule has 1 aliphatic heterocycles. The number of aromatic nitrogens is 1. The molecular weight excluding hydrogens is 654 g/mol. The van der Waals surface area contributed by atoms with Crippen molar-refractivity contribution in [3.8, 4) is 11.5 Å². The van der Waals surface area contributed by atoms with Gasteiger partial charge in [0.25, 0.3) is 0 Å². The SMILES string of the molecule is N[C@@H](Cc1ccc(O)cc1)C(=O)N[C@@H]1CCCCNC(=O)CNC(=O)[C@H](Cc2ccc(O)cc2)NC(=O)[C@H](Cc2c[nH]c3ccccc23)NC1=O. The Morgan fingerprint density at radius 3 is 2.16 bits per heavy atom. The van der Waals surface area contributed by atoms with Gasteiger partial charge in [0, 0.05) is 36.5 Å². The number of hydrogen-bond donors (Lipinski definition) is 9. The Kier molecular flexibility index (Phi) is 12.2. The predicted octanol–water partition coefficient (Wildman–Crippen LogP) is 0.805. The standard InChI is InChI=1S/C37H43N7O7/c38-28(17-22-8-12-25(45)13-9-22)34(48)42-30-7-3-4-16-39-33(47)21-41-35(49)31(18-23-10-14-26(46)15-11-23)43-37(51)32(44-36(30)50)19-24-20-40-29-6-2-1-5-27(24)29/h1-2,5-6,8-15,20,28,30-32,40,45-46H,3-4,7,16-19,21,38H2,(H,39,47)(H,41,49)(H,42,48)(H,43,51)(H,44,50)/t28-,30+,31-,32-/m0/s1. The van der Waals surface area contributed by atoms with E-state index in [2.05, 4.69) is 31.6 Å². The first-order chi connectivity index (χ1) is 24.5. The first-order valence-corrected chi connectivity index (χ1v) is 16.9. The number of aromatic amines is 1. The van der Waals surface area contributed by atoms with Crippen molar-refractivity contribution < 1.29 is 34.2 Å². The number of amides is 5. The Labute approximate surface area is 294 Å². The number of fused-ring (bicyclic) bond motifs is 1. The molecule has 1 aliphatic rings. The van der Waals surface area contributed by atoms with Crippen LogP contribution in [0.5, 0.6) is 11.5 Å². The molecule has 51 heavy (non-hydrogen) atoms. The zero-order chi connectivity index (χ0) is 36.3. The molecule has 0 radical (unpaired) electrons. The number of benzene rings is 3. The van der Waals surface area contributed by atoms with E-state index in [1.165, 1.54) is 24.3 Å². The molecule has 10 N–H and O–H groups in total. The lowest BCUT2D eigenvalue weighted by Gasteiger charge is -2.26. The second-order valence-electron chi connectivity index (χ2n) is 12.7. The van der Waals surface area contributed by atoms with Gasteiger partial charge in [-0.1, -0.05) is 42.5 Å². The number of para-hydroxylation sites is 1. The monoisotopic (exact) mass is 697 g/mol. The topological polar surface area (TPSA) is 228 Å². The van der Waals surface area contributed by atoms with E-state index >= 15 is 0 Å². The van der Waals surface area contributed by atoms with Gasteiger partial charge >= 0.3 is 0 Å². The summed E-state index contributed by atoms with van der Waals surface area (Å²) in [6, 6.07) is 15.6. The van der Waals surface area contributed by atoms with Crippen LogP contribution in [-0.4, -0.2) is 82.0 Å². The van der Waals surface area contributed by atoms with Gasteiger partial charge < -0.3 is 47.5 Å². The summed E-state index contributed by atoms with van der Waals surface area (Å²) in [5.41, 5.74) is 9.16. The molecule has 0 saturated carbocycles. The quantitative estimate of drug-likeness (QED) is 0.128. The largest absolute Gasteiger partial charge is 0.508 e. The van der Waals surface area contributed by atoms with Crippen LogP contribution in [0.15, 0.2) is 79.0 Å². The number of nitrogens with one attached hydrogen (secondary N) is 6. The van der Waals surface area contributed by atoms with Crippen molar-refractivity contribution in [2.75, 3.05) is 13.1 Å². The Balaban J connectivity index is 1.41. The van der Waals surface area contributed by atoms with E-state index in [0.29, 0.717) is 18.4 Å². The van der Waals surface area contributed by atoms with Crippen molar-refractivity contribution in [1.29, 1.82) is 0 Å². The lowest BCUT2D eigenvalue weighted by molar-refractivity contribution is -0.134. The molecule has 0 bridgehead atoms. The van der Waals surface area contributed by atoms with E-state index < -0.39 is 53.7 Å². The molecule has 1 saturated heterocycles. The highest BCUT2D eigenvalue weighted by molar-refractivity contribution is 5.96. The maximum absolute atomic E-state index is 14.1. The van der Waals surface area contributed by atoms with E-state index in [4.69, 9.17) is 5.73 Å². The molecule has 5 rings (SSSR count). The molecule has 14 nitrogen and oxygen atoms in total. The van der Waals surface area contributed by atoms with Crippen molar-refractivity contribution in [1.82, 2.24) is 31.6 Å². The molecule has 14 heteroatoms. The van der Waals surface area contributed by atoms with Crippen LogP contribution in [0.25, 0.3) is 10.9 Å². The number of carbonyl (C=O) groups excluding carboxylic acids is 5. The van der Waals surface area contributed by atoms with Crippen LogP contribution >= 0.6 is 0 Å². The number of rotatable bonds is 8. The van der Waals surface area contributed by atoms with Gasteiger partial charge in [-0.15, -0.1) is 0 Å². The summed E-state index contributed by atoms with van der Waals surface area (Å²) >= 11 is 0. The zero-order valence-corrected chi connectivity index (χ0v) is 28.0. The van der Waals surface area contributed by atoms with Crippen molar-refractivity contribution in [2.24, 2.45) is 5.73 Å². The van der Waals surface area contributed by atoms with Crippen LogP contribution in [0.1, 0.15) is 36.0 Å². The molecule has 268 valence electrons. The van der Waals surface area contributed by atoms with Gasteiger partial charge in [-0.05, 0) is 72.7 Å². The lowest BCUT2D eigenvalue weighted by atomic mass is 10.0. The minimum Gasteiger partial charge on any atom is -0.508 e. The van der Waals surface area contributed by atoms with Gasteiger partial charge in [0.1, 0.15) is 29.6 Å². The predicted molar refractivity (Wildman–Crippen MR) is 189 cm³/mol. The third-order valence-electron chi connectivity index (χ3n) is 8.77. The van der Waals surface area contributed by atoms with E-state index in [0.717, 1.165) is 22.0 Å². The van der Waals surface area contributed by atoms with Crippen LogP contribution in [-0.2, 0) is 43.2 Å². The van der Waals surface area contributed by atoms with Crippen LogP contribution in [0.3, 0.4) is 0 Å². The molecule has 0 spiro atoms. The molecule has 0 unspecified atom stereocenters. The van der Waals surface area contributed by atoms with Crippen LogP contribution in [0.4, 0.5) is 0 Å².